The minimum Gasteiger partial charge on any atom is -0.353 e. The predicted octanol–water partition coefficient (Wildman–Crippen LogP) is 5.22. The molecule has 1 aromatic heterocycles. The second kappa shape index (κ2) is 8.31. The standard InChI is InChI=1S/C17H19Cl2N5/c18-13-7-4-8-14(16(13)19)22-15-11-21-24-17(23-15)20-10-9-12-5-2-1-3-6-12/h4-5,7-8,11H,1-3,6,9-10H2,(H2,20,22,23,24). The molecule has 0 fully saturated rings. The van der Waals surface area contributed by atoms with Gasteiger partial charge in [0.15, 0.2) is 5.82 Å². The maximum Gasteiger partial charge on any atom is 0.244 e. The highest BCUT2D eigenvalue weighted by Crippen LogP contribution is 2.31. The molecule has 0 saturated carbocycles. The van der Waals surface area contributed by atoms with E-state index in [4.69, 9.17) is 23.2 Å². The monoisotopic (exact) mass is 363 g/mol. The average molecular weight is 364 g/mol. The van der Waals surface area contributed by atoms with Crippen LogP contribution in [0.3, 0.4) is 0 Å². The smallest absolute Gasteiger partial charge is 0.244 e. The van der Waals surface area contributed by atoms with Crippen molar-refractivity contribution in [2.75, 3.05) is 17.2 Å². The molecule has 0 amide bonds. The number of halogens is 2. The Balaban J connectivity index is 1.59. The minimum atomic E-state index is 0.455. The zero-order valence-electron chi connectivity index (χ0n) is 13.2. The van der Waals surface area contributed by atoms with Gasteiger partial charge in [0, 0.05) is 6.54 Å². The number of hydrogen-bond acceptors (Lipinski definition) is 5. The van der Waals surface area contributed by atoms with Crippen molar-refractivity contribution in [3.8, 4) is 0 Å². The van der Waals surface area contributed by atoms with Crippen molar-refractivity contribution in [1.29, 1.82) is 0 Å². The Morgan fingerprint density at radius 1 is 1.17 bits per heavy atom. The molecule has 1 heterocycles. The summed E-state index contributed by atoms with van der Waals surface area (Å²) >= 11 is 12.2. The summed E-state index contributed by atoms with van der Waals surface area (Å²) in [6.07, 6.45) is 9.92. The lowest BCUT2D eigenvalue weighted by Crippen LogP contribution is -2.09. The van der Waals surface area contributed by atoms with E-state index in [1.165, 1.54) is 31.3 Å². The summed E-state index contributed by atoms with van der Waals surface area (Å²) in [7, 11) is 0. The summed E-state index contributed by atoms with van der Waals surface area (Å²) in [5.74, 6) is 1.06. The normalized spacial score (nSPS) is 14.2. The number of allylic oxidation sites excluding steroid dienone is 1. The highest BCUT2D eigenvalue weighted by atomic mass is 35.5. The first-order valence-electron chi connectivity index (χ1n) is 8.05. The first kappa shape index (κ1) is 17.0. The molecule has 0 saturated heterocycles. The van der Waals surface area contributed by atoms with Crippen molar-refractivity contribution in [2.45, 2.75) is 32.1 Å². The van der Waals surface area contributed by atoms with Crippen molar-refractivity contribution in [3.63, 3.8) is 0 Å². The molecule has 0 spiro atoms. The van der Waals surface area contributed by atoms with E-state index in [1.807, 2.05) is 12.1 Å². The quantitative estimate of drug-likeness (QED) is 0.688. The zero-order chi connectivity index (χ0) is 16.8. The Bertz CT molecular complexity index is 733. The Labute approximate surface area is 151 Å². The van der Waals surface area contributed by atoms with Crippen LogP contribution in [0.15, 0.2) is 36.0 Å². The van der Waals surface area contributed by atoms with E-state index in [1.54, 1.807) is 12.3 Å². The van der Waals surface area contributed by atoms with Crippen LogP contribution in [0.1, 0.15) is 32.1 Å². The number of nitrogens with one attached hydrogen (secondary N) is 2. The van der Waals surface area contributed by atoms with Gasteiger partial charge in [-0.05, 0) is 44.2 Å². The molecule has 0 bridgehead atoms. The molecule has 2 aromatic rings. The number of benzene rings is 1. The van der Waals surface area contributed by atoms with E-state index >= 15 is 0 Å². The predicted molar refractivity (Wildman–Crippen MR) is 99.2 cm³/mol. The zero-order valence-corrected chi connectivity index (χ0v) is 14.7. The van der Waals surface area contributed by atoms with Crippen LogP contribution in [0.5, 0.6) is 0 Å². The third-order valence-corrected chi connectivity index (χ3v) is 4.71. The van der Waals surface area contributed by atoms with Gasteiger partial charge >= 0.3 is 0 Å². The summed E-state index contributed by atoms with van der Waals surface area (Å²) in [5.41, 5.74) is 2.20. The van der Waals surface area contributed by atoms with Crippen LogP contribution in [0.2, 0.25) is 10.0 Å². The fraction of sp³-hybridized carbons (Fsp3) is 0.353. The van der Waals surface area contributed by atoms with Gasteiger partial charge in [-0.3, -0.25) is 0 Å². The number of rotatable bonds is 6. The molecule has 0 atom stereocenters. The van der Waals surface area contributed by atoms with Crippen molar-refractivity contribution >= 4 is 40.7 Å². The maximum atomic E-state index is 6.17. The van der Waals surface area contributed by atoms with Crippen LogP contribution in [-0.2, 0) is 0 Å². The highest BCUT2D eigenvalue weighted by Gasteiger charge is 2.07. The second-order valence-electron chi connectivity index (χ2n) is 5.68. The van der Waals surface area contributed by atoms with E-state index in [0.717, 1.165) is 13.0 Å². The van der Waals surface area contributed by atoms with Crippen LogP contribution in [0.25, 0.3) is 0 Å². The summed E-state index contributed by atoms with van der Waals surface area (Å²) in [6.45, 7) is 0.800. The van der Waals surface area contributed by atoms with Gasteiger partial charge in [-0.25, -0.2) is 0 Å². The fourth-order valence-corrected chi connectivity index (χ4v) is 2.99. The summed E-state index contributed by atoms with van der Waals surface area (Å²) < 4.78 is 0. The third kappa shape index (κ3) is 4.58. The molecular formula is C17H19Cl2N5. The van der Waals surface area contributed by atoms with Crippen LogP contribution >= 0.6 is 23.2 Å². The largest absolute Gasteiger partial charge is 0.353 e. The molecule has 2 N–H and O–H groups in total. The van der Waals surface area contributed by atoms with E-state index in [2.05, 4.69) is 31.9 Å². The molecular weight excluding hydrogens is 345 g/mol. The second-order valence-corrected chi connectivity index (χ2v) is 6.46. The lowest BCUT2D eigenvalue weighted by atomic mass is 9.97. The van der Waals surface area contributed by atoms with Gasteiger partial charge < -0.3 is 10.6 Å². The van der Waals surface area contributed by atoms with Crippen molar-refractivity contribution in [2.24, 2.45) is 0 Å². The number of hydrogen-bond donors (Lipinski definition) is 2. The molecule has 24 heavy (non-hydrogen) atoms. The van der Waals surface area contributed by atoms with Crippen molar-refractivity contribution < 1.29 is 0 Å². The first-order valence-corrected chi connectivity index (χ1v) is 8.80. The Hall–Kier alpha value is -1.85. The van der Waals surface area contributed by atoms with Crippen LogP contribution in [0, 0.1) is 0 Å². The van der Waals surface area contributed by atoms with Gasteiger partial charge in [-0.15, -0.1) is 5.10 Å². The van der Waals surface area contributed by atoms with Gasteiger partial charge in [0.25, 0.3) is 0 Å². The van der Waals surface area contributed by atoms with Gasteiger partial charge in [-0.2, -0.15) is 10.1 Å². The van der Waals surface area contributed by atoms with Crippen molar-refractivity contribution in [1.82, 2.24) is 15.2 Å². The Morgan fingerprint density at radius 2 is 2.08 bits per heavy atom. The fourth-order valence-electron chi connectivity index (χ4n) is 2.64. The van der Waals surface area contributed by atoms with Crippen molar-refractivity contribution in [3.05, 3.63) is 46.1 Å². The van der Waals surface area contributed by atoms with Gasteiger partial charge in [0.1, 0.15) is 0 Å². The first-order chi connectivity index (χ1) is 11.7. The summed E-state index contributed by atoms with van der Waals surface area (Å²) in [6, 6.07) is 5.39. The summed E-state index contributed by atoms with van der Waals surface area (Å²) in [5, 5.41) is 15.3. The molecule has 1 aliphatic rings. The molecule has 0 radical (unpaired) electrons. The number of anilines is 3. The molecule has 3 rings (SSSR count). The average Bonchev–Trinajstić information content (AvgIpc) is 2.60. The van der Waals surface area contributed by atoms with E-state index < -0.39 is 0 Å². The lowest BCUT2D eigenvalue weighted by Gasteiger charge is -2.13. The van der Waals surface area contributed by atoms with Crippen LogP contribution in [0.4, 0.5) is 17.5 Å². The summed E-state index contributed by atoms with van der Waals surface area (Å²) in [4.78, 5) is 4.40. The maximum absolute atomic E-state index is 6.17. The lowest BCUT2D eigenvalue weighted by molar-refractivity contribution is 0.679. The topological polar surface area (TPSA) is 62.7 Å². The van der Waals surface area contributed by atoms with Gasteiger partial charge in [-0.1, -0.05) is 40.9 Å². The van der Waals surface area contributed by atoms with Crippen LogP contribution in [-0.4, -0.2) is 21.7 Å². The number of aromatic nitrogens is 3. The Morgan fingerprint density at radius 3 is 2.92 bits per heavy atom. The molecule has 126 valence electrons. The molecule has 1 aliphatic carbocycles. The molecule has 7 heteroatoms. The Kier molecular flexibility index (Phi) is 5.88. The molecule has 0 aliphatic heterocycles. The van der Waals surface area contributed by atoms with E-state index in [0.29, 0.717) is 27.5 Å². The molecule has 1 aromatic carbocycles. The third-order valence-electron chi connectivity index (χ3n) is 3.89. The molecule has 5 nitrogen and oxygen atoms in total. The molecule has 0 unspecified atom stereocenters. The van der Waals surface area contributed by atoms with Gasteiger partial charge in [0.2, 0.25) is 5.95 Å². The van der Waals surface area contributed by atoms with E-state index in [9.17, 15) is 0 Å². The van der Waals surface area contributed by atoms with Crippen LogP contribution < -0.4 is 10.6 Å². The SMILES string of the molecule is Clc1cccc(Nc2cnnc(NCCC3=CCCCC3)n2)c1Cl. The highest BCUT2D eigenvalue weighted by molar-refractivity contribution is 6.43. The number of nitrogens with zero attached hydrogens (tertiary/aromatic N) is 3. The minimum absolute atomic E-state index is 0.455. The van der Waals surface area contributed by atoms with Gasteiger partial charge in [0.05, 0.1) is 21.9 Å². The van der Waals surface area contributed by atoms with E-state index in [-0.39, 0.29) is 0 Å².